The summed E-state index contributed by atoms with van der Waals surface area (Å²) in [4.78, 5) is 18.2. The van der Waals surface area contributed by atoms with Crippen molar-refractivity contribution in [1.29, 1.82) is 0 Å². The first-order chi connectivity index (χ1) is 13.1. The summed E-state index contributed by atoms with van der Waals surface area (Å²) in [5.74, 6) is 0.581. The molecule has 0 spiro atoms. The molecule has 1 atom stereocenters. The molecular formula is C20H25N5O2. The zero-order valence-corrected chi connectivity index (χ0v) is 15.6. The van der Waals surface area contributed by atoms with Gasteiger partial charge in [0.25, 0.3) is 0 Å². The van der Waals surface area contributed by atoms with Crippen LogP contribution in [0.5, 0.6) is 0 Å². The summed E-state index contributed by atoms with van der Waals surface area (Å²) in [6.45, 7) is 5.79. The van der Waals surface area contributed by atoms with Crippen LogP contribution in [-0.4, -0.2) is 48.4 Å². The van der Waals surface area contributed by atoms with E-state index in [0.717, 1.165) is 56.1 Å². The third-order valence-electron chi connectivity index (χ3n) is 5.30. The summed E-state index contributed by atoms with van der Waals surface area (Å²) in [5, 5.41) is 13.4. The molecule has 0 aliphatic carbocycles. The van der Waals surface area contributed by atoms with Crippen LogP contribution >= 0.6 is 0 Å². The topological polar surface area (TPSA) is 76.2 Å². The van der Waals surface area contributed by atoms with Gasteiger partial charge < -0.3 is 9.67 Å². The molecule has 0 radical (unpaired) electrons. The Morgan fingerprint density at radius 2 is 2.15 bits per heavy atom. The number of piperidine rings is 1. The predicted molar refractivity (Wildman–Crippen MR) is 103 cm³/mol. The van der Waals surface area contributed by atoms with E-state index in [1.165, 1.54) is 10.2 Å². The van der Waals surface area contributed by atoms with Crippen molar-refractivity contribution >= 4 is 17.0 Å². The number of benzene rings is 1. The summed E-state index contributed by atoms with van der Waals surface area (Å²) in [7, 11) is 0. The van der Waals surface area contributed by atoms with Gasteiger partial charge in [0.15, 0.2) is 0 Å². The molecule has 3 aromatic rings. The van der Waals surface area contributed by atoms with Crippen LogP contribution in [-0.2, 0) is 24.4 Å². The monoisotopic (exact) mass is 367 g/mol. The molecule has 1 saturated heterocycles. The number of aliphatic carboxylic acids is 1. The van der Waals surface area contributed by atoms with Gasteiger partial charge in [-0.1, -0.05) is 12.1 Å². The van der Waals surface area contributed by atoms with E-state index in [2.05, 4.69) is 39.7 Å². The second-order valence-corrected chi connectivity index (χ2v) is 7.17. The molecule has 0 bridgehead atoms. The molecule has 0 unspecified atom stereocenters. The molecule has 1 fully saturated rings. The largest absolute Gasteiger partial charge is 0.480 e. The number of hydrogen-bond donors (Lipinski definition) is 1. The lowest BCUT2D eigenvalue weighted by Crippen LogP contribution is -2.35. The van der Waals surface area contributed by atoms with Crippen LogP contribution in [0.25, 0.3) is 11.0 Å². The van der Waals surface area contributed by atoms with Crippen LogP contribution in [0.1, 0.15) is 37.2 Å². The summed E-state index contributed by atoms with van der Waals surface area (Å²) >= 11 is 0. The molecule has 7 nitrogen and oxygen atoms in total. The summed E-state index contributed by atoms with van der Waals surface area (Å²) in [5.41, 5.74) is 3.23. The van der Waals surface area contributed by atoms with Gasteiger partial charge >= 0.3 is 5.97 Å². The smallest absolute Gasteiger partial charge is 0.325 e. The van der Waals surface area contributed by atoms with Crippen LogP contribution in [0.2, 0.25) is 0 Å². The first-order valence-corrected chi connectivity index (χ1v) is 9.55. The van der Waals surface area contributed by atoms with Crippen molar-refractivity contribution in [3.8, 4) is 0 Å². The van der Waals surface area contributed by atoms with Crippen LogP contribution in [0.15, 0.2) is 36.5 Å². The zero-order chi connectivity index (χ0) is 18.8. The molecule has 0 saturated carbocycles. The van der Waals surface area contributed by atoms with Gasteiger partial charge in [-0.05, 0) is 44.5 Å². The second-order valence-electron chi connectivity index (χ2n) is 7.17. The van der Waals surface area contributed by atoms with Crippen LogP contribution in [0, 0.1) is 0 Å². The molecule has 3 heterocycles. The van der Waals surface area contributed by atoms with Gasteiger partial charge in [0.1, 0.15) is 12.4 Å². The van der Waals surface area contributed by atoms with Crippen molar-refractivity contribution in [1.82, 2.24) is 24.2 Å². The predicted octanol–water partition coefficient (Wildman–Crippen LogP) is 2.72. The Kier molecular flexibility index (Phi) is 4.94. The quantitative estimate of drug-likeness (QED) is 0.725. The normalized spacial score (nSPS) is 18.2. The minimum Gasteiger partial charge on any atom is -0.480 e. The molecule has 4 rings (SSSR count). The lowest BCUT2D eigenvalue weighted by Gasteiger charge is -2.31. The van der Waals surface area contributed by atoms with Gasteiger partial charge in [-0.3, -0.25) is 14.4 Å². The minimum atomic E-state index is -0.867. The van der Waals surface area contributed by atoms with E-state index in [1.807, 2.05) is 12.1 Å². The Balaban J connectivity index is 1.49. The van der Waals surface area contributed by atoms with Crippen molar-refractivity contribution in [2.24, 2.45) is 0 Å². The number of aryl methyl sites for hydroxylation is 1. The number of carboxylic acid groups (broad SMARTS) is 1. The number of para-hydroxylation sites is 2. The Hall–Kier alpha value is -2.67. The van der Waals surface area contributed by atoms with Gasteiger partial charge in [0.05, 0.1) is 23.3 Å². The Morgan fingerprint density at radius 1 is 1.30 bits per heavy atom. The van der Waals surface area contributed by atoms with E-state index in [4.69, 9.17) is 10.1 Å². The zero-order valence-electron chi connectivity index (χ0n) is 15.6. The number of fused-ring (bicyclic) bond motifs is 1. The summed E-state index contributed by atoms with van der Waals surface area (Å²) < 4.78 is 3.80. The van der Waals surface area contributed by atoms with Gasteiger partial charge in [0.2, 0.25) is 0 Å². The Bertz CT molecular complexity index is 945. The van der Waals surface area contributed by atoms with Crippen molar-refractivity contribution < 1.29 is 9.90 Å². The molecule has 7 heteroatoms. The lowest BCUT2D eigenvalue weighted by molar-refractivity contribution is -0.137. The maximum atomic E-state index is 10.9. The molecular weight excluding hydrogens is 342 g/mol. The number of imidazole rings is 1. The third kappa shape index (κ3) is 3.73. The Labute approximate surface area is 158 Å². The number of likely N-dealkylation sites (tertiary alicyclic amines) is 1. The maximum Gasteiger partial charge on any atom is 0.325 e. The van der Waals surface area contributed by atoms with Gasteiger partial charge in [-0.2, -0.15) is 5.10 Å². The van der Waals surface area contributed by atoms with Gasteiger partial charge in [-0.25, -0.2) is 4.98 Å². The average Bonchev–Trinajstić information content (AvgIpc) is 3.25. The highest BCUT2D eigenvalue weighted by molar-refractivity contribution is 5.75. The summed E-state index contributed by atoms with van der Waals surface area (Å²) in [6, 6.07) is 10.2. The fourth-order valence-electron chi connectivity index (χ4n) is 4.06. The molecule has 0 amide bonds. The highest BCUT2D eigenvalue weighted by atomic mass is 16.4. The van der Waals surface area contributed by atoms with E-state index in [1.54, 1.807) is 6.20 Å². The fraction of sp³-hybridized carbons (Fsp3) is 0.450. The fourth-order valence-corrected chi connectivity index (χ4v) is 4.06. The van der Waals surface area contributed by atoms with Crippen molar-refractivity contribution in [3.63, 3.8) is 0 Å². The standard InChI is InChI=1S/C20H25N5O2/c1-2-25-18-8-4-3-7-17(18)21-19(25)13-23-10-5-6-15(12-23)16-9-11-24(22-16)14-20(26)27/h3-4,7-9,11,15H,2,5-6,10,12-14H2,1H3,(H,26,27)/t15-/m1/s1. The minimum absolute atomic E-state index is 0.0864. The molecule has 1 aromatic carbocycles. The number of carboxylic acids is 1. The molecule has 27 heavy (non-hydrogen) atoms. The van der Waals surface area contributed by atoms with Crippen LogP contribution in [0.3, 0.4) is 0 Å². The van der Waals surface area contributed by atoms with E-state index in [0.29, 0.717) is 5.92 Å². The van der Waals surface area contributed by atoms with E-state index in [9.17, 15) is 4.79 Å². The first-order valence-electron chi connectivity index (χ1n) is 9.55. The molecule has 1 aliphatic rings. The molecule has 1 aliphatic heterocycles. The van der Waals surface area contributed by atoms with E-state index >= 15 is 0 Å². The third-order valence-corrected chi connectivity index (χ3v) is 5.30. The van der Waals surface area contributed by atoms with Gasteiger partial charge in [0, 0.05) is 25.2 Å². The Morgan fingerprint density at radius 3 is 2.96 bits per heavy atom. The number of rotatable bonds is 6. The average molecular weight is 367 g/mol. The number of carbonyl (C=O) groups is 1. The van der Waals surface area contributed by atoms with Crippen molar-refractivity contribution in [2.75, 3.05) is 13.1 Å². The highest BCUT2D eigenvalue weighted by Gasteiger charge is 2.24. The summed E-state index contributed by atoms with van der Waals surface area (Å²) in [6.07, 6.45) is 3.96. The number of hydrogen-bond acceptors (Lipinski definition) is 4. The first kappa shape index (κ1) is 17.7. The van der Waals surface area contributed by atoms with E-state index < -0.39 is 5.97 Å². The number of aromatic nitrogens is 4. The lowest BCUT2D eigenvalue weighted by atomic mass is 9.95. The second kappa shape index (κ2) is 7.52. The maximum absolute atomic E-state index is 10.9. The van der Waals surface area contributed by atoms with Crippen molar-refractivity contribution in [3.05, 3.63) is 48.0 Å². The van der Waals surface area contributed by atoms with Crippen LogP contribution < -0.4 is 0 Å². The van der Waals surface area contributed by atoms with Gasteiger partial charge in [-0.15, -0.1) is 0 Å². The van der Waals surface area contributed by atoms with E-state index in [-0.39, 0.29) is 6.54 Å². The van der Waals surface area contributed by atoms with Crippen LogP contribution in [0.4, 0.5) is 0 Å². The molecule has 2 aromatic heterocycles. The molecule has 142 valence electrons. The molecule has 1 N–H and O–H groups in total. The van der Waals surface area contributed by atoms with Crippen molar-refractivity contribution in [2.45, 2.75) is 45.3 Å². The number of nitrogens with zero attached hydrogens (tertiary/aromatic N) is 5. The SMILES string of the molecule is CCn1c(CN2CCC[C@@H](c3ccn(CC(=O)O)n3)C2)nc2ccccc21. The highest BCUT2D eigenvalue weighted by Crippen LogP contribution is 2.27.